The molecule has 0 bridgehead atoms. The van der Waals surface area contributed by atoms with E-state index >= 15 is 0 Å². The zero-order chi connectivity index (χ0) is 25.4. The molecule has 0 aliphatic carbocycles. The van der Waals surface area contributed by atoms with Crippen LogP contribution in [0, 0.1) is 17.2 Å². The van der Waals surface area contributed by atoms with Crippen LogP contribution in [0.25, 0.3) is 22.3 Å². The number of morpholine rings is 1. The highest BCUT2D eigenvalue weighted by Crippen LogP contribution is 2.32. The standard InChI is InChI=1S/C24H28N2O4.ClHO4/c1-17-4-6-21-19(14-17)20(25-8-9-26-10-12-29-13-11-26)16-23(30-21)18-5-7-22(27-2)24(15-18)28-3;2-1(3,4)5/h4-7,14-16H,8-13H2,1-3H3;(H,2,3,4,5). The summed E-state index contributed by atoms with van der Waals surface area (Å²) in [5.41, 5.74) is 2.99. The van der Waals surface area contributed by atoms with Gasteiger partial charge in [0.2, 0.25) is 5.36 Å². The van der Waals surface area contributed by atoms with E-state index in [2.05, 4.69) is 35.0 Å². The summed E-state index contributed by atoms with van der Waals surface area (Å²) in [6.45, 7) is 7.54. The van der Waals surface area contributed by atoms with Crippen LogP contribution in [0.2, 0.25) is 0 Å². The zero-order valence-electron chi connectivity index (χ0n) is 19.9. The fourth-order valence-corrected chi connectivity index (χ4v) is 3.75. The van der Waals surface area contributed by atoms with Crippen LogP contribution in [0.4, 0.5) is 0 Å². The number of fused-ring (bicyclic) bond motifs is 1. The average molecular weight is 509 g/mol. The first-order valence-corrected chi connectivity index (χ1v) is 12.2. The molecule has 1 N–H and O–H groups in total. The van der Waals surface area contributed by atoms with Crippen molar-refractivity contribution in [1.82, 2.24) is 4.90 Å². The lowest BCUT2D eigenvalue weighted by atomic mass is 10.1. The number of aryl methyl sites for hydroxylation is 1. The number of benzene rings is 2. The molecule has 3 aromatic rings. The minimum Gasteiger partial charge on any atom is -0.493 e. The molecule has 2 aromatic carbocycles. The first-order chi connectivity index (χ1) is 16.7. The number of nitrogens with zero attached hydrogens (tertiary/aromatic N) is 1. The van der Waals surface area contributed by atoms with Gasteiger partial charge in [0.15, 0.2) is 18.0 Å². The molecule has 1 fully saturated rings. The molecule has 11 heteroatoms. The van der Waals surface area contributed by atoms with E-state index in [-0.39, 0.29) is 0 Å². The van der Waals surface area contributed by atoms with E-state index in [0.717, 1.165) is 67.0 Å². The van der Waals surface area contributed by atoms with Crippen molar-refractivity contribution >= 4 is 11.0 Å². The van der Waals surface area contributed by atoms with Crippen molar-refractivity contribution in [3.8, 4) is 22.8 Å². The quantitative estimate of drug-likeness (QED) is 0.367. The maximum atomic E-state index is 8.49. The van der Waals surface area contributed by atoms with E-state index in [1.54, 1.807) is 14.2 Å². The number of nitrogens with one attached hydrogen (secondary N) is 1. The van der Waals surface area contributed by atoms with E-state index in [4.69, 9.17) is 37.3 Å². The summed E-state index contributed by atoms with van der Waals surface area (Å²) in [6.07, 6.45) is 0. The van der Waals surface area contributed by atoms with Crippen molar-refractivity contribution in [3.05, 3.63) is 53.4 Å². The van der Waals surface area contributed by atoms with Crippen molar-refractivity contribution in [2.45, 2.75) is 6.92 Å². The highest BCUT2D eigenvalue weighted by Gasteiger charge is 2.14. The molecule has 1 aliphatic heterocycles. The number of rotatable bonds is 6. The lowest BCUT2D eigenvalue weighted by molar-refractivity contribution is -2.00. The predicted octanol–water partition coefficient (Wildman–Crippen LogP) is -3.02. The van der Waals surface area contributed by atoms with E-state index in [1.807, 2.05) is 24.3 Å². The van der Waals surface area contributed by atoms with Crippen molar-refractivity contribution in [1.29, 1.82) is 0 Å². The van der Waals surface area contributed by atoms with Gasteiger partial charge in [-0.1, -0.05) is 11.6 Å². The van der Waals surface area contributed by atoms with Crippen LogP contribution in [0.1, 0.15) is 5.56 Å². The Hall–Kier alpha value is -2.70. The summed E-state index contributed by atoms with van der Waals surface area (Å²) in [7, 11) is -1.67. The second-order valence-electron chi connectivity index (χ2n) is 7.85. The number of halogens is 1. The second kappa shape index (κ2) is 12.3. The van der Waals surface area contributed by atoms with Gasteiger partial charge in [0.05, 0.1) is 45.4 Å². The maximum Gasteiger partial charge on any atom is 0.213 e. The molecule has 190 valence electrons. The highest BCUT2D eigenvalue weighted by molar-refractivity contribution is 5.79. The molecule has 10 nitrogen and oxygen atoms in total. The molecule has 35 heavy (non-hydrogen) atoms. The monoisotopic (exact) mass is 508 g/mol. The molecule has 2 heterocycles. The van der Waals surface area contributed by atoms with Gasteiger partial charge in [-0.05, 0) is 37.3 Å². The van der Waals surface area contributed by atoms with Crippen molar-refractivity contribution < 1.29 is 52.5 Å². The third-order valence-corrected chi connectivity index (χ3v) is 5.44. The van der Waals surface area contributed by atoms with E-state index in [0.29, 0.717) is 11.5 Å². The van der Waals surface area contributed by atoms with Gasteiger partial charge >= 0.3 is 0 Å². The zero-order valence-corrected chi connectivity index (χ0v) is 20.6. The summed E-state index contributed by atoms with van der Waals surface area (Å²) < 4.78 is 56.5. The number of hydrogen-bond acceptors (Lipinski definition) is 9. The Bertz CT molecular complexity index is 1180. The first-order valence-electron chi connectivity index (χ1n) is 10.9. The van der Waals surface area contributed by atoms with E-state index in [9.17, 15) is 0 Å². The fraction of sp³-hybridized carbons (Fsp3) is 0.375. The molecule has 0 saturated carbocycles. The molecule has 4 rings (SSSR count). The lowest BCUT2D eigenvalue weighted by Crippen LogP contribution is -2.78. The minimum atomic E-state index is -4.94. The molecule has 1 saturated heterocycles. The van der Waals surface area contributed by atoms with Crippen molar-refractivity contribution in [3.63, 3.8) is 0 Å². The van der Waals surface area contributed by atoms with Gasteiger partial charge in [0.1, 0.15) is 11.3 Å². The smallest absolute Gasteiger partial charge is 0.213 e. The molecule has 0 unspecified atom stereocenters. The van der Waals surface area contributed by atoms with E-state index < -0.39 is 10.2 Å². The largest absolute Gasteiger partial charge is 0.493 e. The van der Waals surface area contributed by atoms with Crippen LogP contribution in [-0.4, -0.2) is 58.5 Å². The molecule has 0 amide bonds. The van der Waals surface area contributed by atoms with Gasteiger partial charge in [0.25, 0.3) is 0 Å². The number of hydrogen-bond donors (Lipinski definition) is 1. The van der Waals surface area contributed by atoms with Gasteiger partial charge in [0, 0.05) is 18.7 Å². The van der Waals surface area contributed by atoms with Crippen LogP contribution in [0.5, 0.6) is 11.5 Å². The molecule has 1 aliphatic rings. The third-order valence-electron chi connectivity index (χ3n) is 5.44. The van der Waals surface area contributed by atoms with Gasteiger partial charge in [-0.2, -0.15) is 0 Å². The van der Waals surface area contributed by atoms with Crippen LogP contribution < -0.4 is 38.5 Å². The first kappa shape index (κ1) is 26.9. The predicted molar refractivity (Wildman–Crippen MR) is 116 cm³/mol. The van der Waals surface area contributed by atoms with Gasteiger partial charge in [-0.3, -0.25) is 4.90 Å². The number of ether oxygens (including phenoxy) is 3. The van der Waals surface area contributed by atoms with Gasteiger partial charge in [-0.25, -0.2) is 23.6 Å². The topological polar surface area (TPSA) is 150 Å². The van der Waals surface area contributed by atoms with Gasteiger partial charge < -0.3 is 18.6 Å². The second-order valence-corrected chi connectivity index (χ2v) is 8.61. The minimum absolute atomic E-state index is 0.677. The summed E-state index contributed by atoms with van der Waals surface area (Å²) in [5, 5.41) is 2.15. The Morgan fingerprint density at radius 3 is 2.29 bits per heavy atom. The lowest BCUT2D eigenvalue weighted by Gasteiger charge is -2.24. The Morgan fingerprint density at radius 2 is 1.63 bits per heavy atom. The van der Waals surface area contributed by atoms with Crippen molar-refractivity contribution in [2.24, 2.45) is 0 Å². The molecule has 0 spiro atoms. The summed E-state index contributed by atoms with van der Waals surface area (Å²) in [4.78, 5) is 6.05. The Balaban J connectivity index is 0.000000623. The molecular formula is C24H29ClN2O8. The number of methoxy groups -OCH3 is 2. The van der Waals surface area contributed by atoms with Crippen LogP contribution in [0.3, 0.4) is 0 Å². The van der Waals surface area contributed by atoms with E-state index in [1.165, 1.54) is 5.56 Å². The average Bonchev–Trinajstić information content (AvgIpc) is 2.83. The summed E-state index contributed by atoms with van der Waals surface area (Å²) >= 11 is 0. The maximum absolute atomic E-state index is 8.49. The molecule has 0 atom stereocenters. The fourth-order valence-electron chi connectivity index (χ4n) is 3.75. The summed E-state index contributed by atoms with van der Waals surface area (Å²) in [6, 6.07) is 14.2. The van der Waals surface area contributed by atoms with Crippen LogP contribution in [-0.2, 0) is 4.74 Å². The van der Waals surface area contributed by atoms with Gasteiger partial charge in [-0.15, -0.1) is 10.2 Å². The molecule has 1 aromatic heterocycles. The Morgan fingerprint density at radius 1 is 0.943 bits per heavy atom. The molecule has 0 radical (unpaired) electrons. The Kier molecular flexibility index (Phi) is 9.47. The normalized spacial score (nSPS) is 15.0. The Labute approximate surface area is 205 Å². The van der Waals surface area contributed by atoms with Crippen LogP contribution in [0.15, 0.2) is 46.9 Å². The summed E-state index contributed by atoms with van der Waals surface area (Å²) in [5.74, 6) is 2.15. The van der Waals surface area contributed by atoms with Crippen LogP contribution >= 0.6 is 0 Å². The molecular weight excluding hydrogens is 480 g/mol. The van der Waals surface area contributed by atoms with Crippen molar-refractivity contribution in [2.75, 3.05) is 53.6 Å². The highest BCUT2D eigenvalue weighted by atomic mass is 35.7. The third kappa shape index (κ3) is 8.18. The SMILES string of the molecule is COc1ccc(-c2cc(=[NH+]CCN3CCOCC3)c3cc(C)ccc3o2)cc1OC.[O-][Cl+3]([O-])([O-])[O-].